The van der Waals surface area contributed by atoms with Gasteiger partial charge in [-0.3, -0.25) is 4.79 Å². The Kier molecular flexibility index (Phi) is 5.46. The summed E-state index contributed by atoms with van der Waals surface area (Å²) in [5.74, 6) is -0.298. The number of nitrogen functional groups attached to an aromatic ring is 1. The van der Waals surface area contributed by atoms with Crippen molar-refractivity contribution in [1.82, 2.24) is 5.32 Å². The van der Waals surface area contributed by atoms with E-state index in [0.717, 1.165) is 17.8 Å². The minimum Gasteiger partial charge on any atom is -0.397 e. The maximum absolute atomic E-state index is 12.0. The summed E-state index contributed by atoms with van der Waals surface area (Å²) in [5.41, 5.74) is 5.93. The fourth-order valence-electron chi connectivity index (χ4n) is 1.32. The monoisotopic (exact) mass is 295 g/mol. The van der Waals surface area contributed by atoms with Crippen LogP contribution in [0.5, 0.6) is 0 Å². The molecule has 1 amide bonds. The third kappa shape index (κ3) is 5.37. The summed E-state index contributed by atoms with van der Waals surface area (Å²) in [5, 5.41) is 5.74. The molecule has 1 aromatic rings. The van der Waals surface area contributed by atoms with Gasteiger partial charge < -0.3 is 16.4 Å². The number of carbonyl (C=O) groups excluding carboxylic acids is 1. The summed E-state index contributed by atoms with van der Waals surface area (Å²) in [6.07, 6.45) is -4.33. The first kappa shape index (κ1) is 15.6. The average molecular weight is 295 g/mol. The molecule has 0 radical (unpaired) electrons. The van der Waals surface area contributed by atoms with E-state index in [4.69, 9.17) is 5.73 Å². The minimum absolute atomic E-state index is 0.237. The number of hydrogen-bond acceptors (Lipinski definition) is 4. The Morgan fingerprint density at radius 1 is 1.42 bits per heavy atom. The van der Waals surface area contributed by atoms with Crippen molar-refractivity contribution in [3.05, 3.63) is 10.9 Å². The van der Waals surface area contributed by atoms with E-state index in [1.54, 1.807) is 0 Å². The molecule has 4 N–H and O–H groups in total. The number of alkyl halides is 3. The van der Waals surface area contributed by atoms with Crippen LogP contribution in [-0.4, -0.2) is 25.2 Å². The number of nitrogens with two attached hydrogens (primary N) is 1. The molecule has 0 spiro atoms. The Hall–Kier alpha value is -1.44. The molecule has 0 fully saturated rings. The van der Waals surface area contributed by atoms with Crippen molar-refractivity contribution in [1.29, 1.82) is 0 Å². The second-order valence-corrected chi connectivity index (χ2v) is 5.00. The lowest BCUT2D eigenvalue weighted by Crippen LogP contribution is -2.23. The van der Waals surface area contributed by atoms with E-state index in [0.29, 0.717) is 16.4 Å². The van der Waals surface area contributed by atoms with Crippen molar-refractivity contribution in [2.75, 3.05) is 24.1 Å². The first-order chi connectivity index (χ1) is 8.83. The van der Waals surface area contributed by atoms with E-state index in [1.807, 2.05) is 6.92 Å². The number of nitrogens with one attached hydrogen (secondary N) is 2. The van der Waals surface area contributed by atoms with Gasteiger partial charge in [0.05, 0.1) is 17.1 Å². The van der Waals surface area contributed by atoms with Crippen LogP contribution in [0.2, 0.25) is 0 Å². The molecular weight excluding hydrogens is 279 g/mol. The van der Waals surface area contributed by atoms with Gasteiger partial charge in [0, 0.05) is 13.1 Å². The Morgan fingerprint density at radius 3 is 2.68 bits per heavy atom. The lowest BCUT2D eigenvalue weighted by Gasteiger charge is -2.06. The molecule has 0 bridgehead atoms. The fraction of sp³-hybridized carbons (Fsp3) is 0.545. The van der Waals surface area contributed by atoms with E-state index >= 15 is 0 Å². The fourth-order valence-corrected chi connectivity index (χ4v) is 2.24. The maximum Gasteiger partial charge on any atom is 0.390 e. The number of thiophene rings is 1. The van der Waals surface area contributed by atoms with Crippen LogP contribution in [0.15, 0.2) is 6.07 Å². The van der Waals surface area contributed by atoms with E-state index in [1.165, 1.54) is 6.07 Å². The SMILES string of the molecule is CCCNC(=O)c1sc(NCCC(F)(F)F)cc1N. The number of amides is 1. The van der Waals surface area contributed by atoms with Gasteiger partial charge in [-0.1, -0.05) is 6.92 Å². The smallest absolute Gasteiger partial charge is 0.390 e. The van der Waals surface area contributed by atoms with Gasteiger partial charge in [-0.05, 0) is 12.5 Å². The summed E-state index contributed by atoms with van der Waals surface area (Å²) in [6.45, 7) is 2.22. The lowest BCUT2D eigenvalue weighted by molar-refractivity contribution is -0.131. The van der Waals surface area contributed by atoms with Gasteiger partial charge in [0.25, 0.3) is 5.91 Å². The van der Waals surface area contributed by atoms with Crippen molar-refractivity contribution in [3.8, 4) is 0 Å². The van der Waals surface area contributed by atoms with Crippen LogP contribution in [0.3, 0.4) is 0 Å². The molecule has 108 valence electrons. The van der Waals surface area contributed by atoms with Crippen molar-refractivity contribution >= 4 is 27.9 Å². The normalized spacial score (nSPS) is 11.4. The van der Waals surface area contributed by atoms with Gasteiger partial charge in [-0.2, -0.15) is 13.2 Å². The molecule has 0 aliphatic rings. The van der Waals surface area contributed by atoms with Gasteiger partial charge in [0.15, 0.2) is 0 Å². The standard InChI is InChI=1S/C11H16F3N3OS/c1-2-4-17-10(18)9-7(15)6-8(19-9)16-5-3-11(12,13)14/h6,16H,2-5,15H2,1H3,(H,17,18). The van der Waals surface area contributed by atoms with Gasteiger partial charge in [0.1, 0.15) is 4.88 Å². The Bertz CT molecular complexity index is 431. The highest BCUT2D eigenvalue weighted by Gasteiger charge is 2.26. The molecule has 19 heavy (non-hydrogen) atoms. The molecule has 0 aliphatic heterocycles. The van der Waals surface area contributed by atoms with E-state index < -0.39 is 12.6 Å². The van der Waals surface area contributed by atoms with Crippen LogP contribution >= 0.6 is 11.3 Å². The van der Waals surface area contributed by atoms with Gasteiger partial charge in [0.2, 0.25) is 0 Å². The molecule has 0 saturated heterocycles. The molecule has 0 saturated carbocycles. The predicted octanol–water partition coefficient (Wildman–Crippen LogP) is 2.83. The van der Waals surface area contributed by atoms with Crippen LogP contribution in [-0.2, 0) is 0 Å². The summed E-state index contributed by atoms with van der Waals surface area (Å²) in [4.78, 5) is 12.0. The van der Waals surface area contributed by atoms with Crippen molar-refractivity contribution in [3.63, 3.8) is 0 Å². The van der Waals surface area contributed by atoms with Gasteiger partial charge in [-0.15, -0.1) is 11.3 Å². The number of halogens is 3. The molecule has 0 atom stereocenters. The largest absolute Gasteiger partial charge is 0.397 e. The molecule has 1 rings (SSSR count). The number of hydrogen-bond donors (Lipinski definition) is 3. The molecule has 0 unspecified atom stereocenters. The zero-order valence-corrected chi connectivity index (χ0v) is 11.3. The minimum atomic E-state index is -4.20. The summed E-state index contributed by atoms with van der Waals surface area (Å²) in [6, 6.07) is 1.47. The topological polar surface area (TPSA) is 67.2 Å². The molecule has 0 aliphatic carbocycles. The van der Waals surface area contributed by atoms with Crippen molar-refractivity contribution in [2.24, 2.45) is 0 Å². The quantitative estimate of drug-likeness (QED) is 0.756. The number of carbonyl (C=O) groups is 1. The highest BCUT2D eigenvalue weighted by Crippen LogP contribution is 2.29. The Balaban J connectivity index is 2.56. The first-order valence-electron chi connectivity index (χ1n) is 5.81. The Labute approximate surface area is 113 Å². The van der Waals surface area contributed by atoms with Gasteiger partial charge in [-0.25, -0.2) is 0 Å². The summed E-state index contributed by atoms with van der Waals surface area (Å²) >= 11 is 1.05. The number of anilines is 2. The highest BCUT2D eigenvalue weighted by atomic mass is 32.1. The van der Waals surface area contributed by atoms with Gasteiger partial charge >= 0.3 is 6.18 Å². The Morgan fingerprint density at radius 2 is 2.11 bits per heavy atom. The van der Waals surface area contributed by atoms with Crippen molar-refractivity contribution < 1.29 is 18.0 Å². The third-order valence-electron chi connectivity index (χ3n) is 2.21. The zero-order valence-electron chi connectivity index (χ0n) is 10.4. The lowest BCUT2D eigenvalue weighted by atomic mass is 10.3. The summed E-state index contributed by atoms with van der Waals surface area (Å²) < 4.78 is 36.0. The first-order valence-corrected chi connectivity index (χ1v) is 6.63. The molecule has 8 heteroatoms. The molecule has 0 aromatic carbocycles. The van der Waals surface area contributed by atoms with E-state index in [9.17, 15) is 18.0 Å². The van der Waals surface area contributed by atoms with Crippen LogP contribution in [0, 0.1) is 0 Å². The molecular formula is C11H16F3N3OS. The van der Waals surface area contributed by atoms with E-state index in [2.05, 4.69) is 10.6 Å². The van der Waals surface area contributed by atoms with Crippen molar-refractivity contribution in [2.45, 2.75) is 25.9 Å². The van der Waals surface area contributed by atoms with Crippen LogP contribution in [0.4, 0.5) is 23.9 Å². The average Bonchev–Trinajstić information content (AvgIpc) is 2.66. The predicted molar refractivity (Wildman–Crippen MR) is 70.5 cm³/mol. The number of rotatable bonds is 6. The second kappa shape index (κ2) is 6.65. The van der Waals surface area contributed by atoms with Crippen LogP contribution < -0.4 is 16.4 Å². The molecule has 1 aromatic heterocycles. The molecule has 4 nitrogen and oxygen atoms in total. The maximum atomic E-state index is 12.0. The van der Waals surface area contributed by atoms with E-state index in [-0.39, 0.29) is 18.1 Å². The van der Waals surface area contributed by atoms with Crippen LogP contribution in [0.25, 0.3) is 0 Å². The third-order valence-corrected chi connectivity index (χ3v) is 3.32. The highest BCUT2D eigenvalue weighted by molar-refractivity contribution is 7.18. The second-order valence-electron chi connectivity index (χ2n) is 3.94. The summed E-state index contributed by atoms with van der Waals surface area (Å²) in [7, 11) is 0. The zero-order chi connectivity index (χ0) is 14.5. The van der Waals surface area contributed by atoms with Crippen LogP contribution in [0.1, 0.15) is 29.4 Å². The molecule has 1 heterocycles.